The summed E-state index contributed by atoms with van der Waals surface area (Å²) in [7, 11) is -0.535. The van der Waals surface area contributed by atoms with Gasteiger partial charge in [-0.05, 0) is 71.8 Å². The number of aryl methyl sites for hydroxylation is 1. The highest BCUT2D eigenvalue weighted by Gasteiger charge is 2.22. The summed E-state index contributed by atoms with van der Waals surface area (Å²) < 4.78 is 39.2. The Kier molecular flexibility index (Phi) is 5.10. The molecule has 5 rings (SSSR count). The first-order valence-electron chi connectivity index (χ1n) is 10.5. The van der Waals surface area contributed by atoms with Crippen LogP contribution in [0.2, 0.25) is 0 Å². The van der Waals surface area contributed by atoms with Crippen molar-refractivity contribution in [3.05, 3.63) is 90.6 Å². The van der Waals surface area contributed by atoms with Crippen molar-refractivity contribution in [1.82, 2.24) is 3.97 Å². The van der Waals surface area contributed by atoms with Gasteiger partial charge in [-0.15, -0.1) is 0 Å². The van der Waals surface area contributed by atoms with Gasteiger partial charge in [-0.2, -0.15) is 0 Å². The molecule has 0 radical (unpaired) electrons. The van der Waals surface area contributed by atoms with Crippen molar-refractivity contribution in [2.24, 2.45) is 0 Å². The second-order valence-electron chi connectivity index (χ2n) is 7.97. The van der Waals surface area contributed by atoms with Gasteiger partial charge in [0.05, 0.1) is 24.6 Å². The molecule has 0 bridgehead atoms. The van der Waals surface area contributed by atoms with E-state index in [1.54, 1.807) is 56.8 Å². The monoisotopic (exact) mass is 457 g/mol. The van der Waals surface area contributed by atoms with Crippen LogP contribution in [0, 0.1) is 6.92 Å². The van der Waals surface area contributed by atoms with Gasteiger partial charge in [-0.3, -0.25) is 0 Å². The number of nitrogens with zero attached hydrogens (tertiary/aromatic N) is 1. The normalized spacial score (nSPS) is 11.7. The van der Waals surface area contributed by atoms with Gasteiger partial charge >= 0.3 is 0 Å². The molecule has 1 heterocycles. The second kappa shape index (κ2) is 7.98. The van der Waals surface area contributed by atoms with Crippen LogP contribution in [-0.4, -0.2) is 26.6 Å². The maximum absolute atomic E-state index is 13.6. The van der Waals surface area contributed by atoms with Crippen molar-refractivity contribution in [3.63, 3.8) is 0 Å². The first-order chi connectivity index (χ1) is 15.9. The van der Waals surface area contributed by atoms with E-state index >= 15 is 0 Å². The summed E-state index contributed by atoms with van der Waals surface area (Å²) in [5, 5.41) is 2.89. The fourth-order valence-corrected chi connectivity index (χ4v) is 5.45. The molecule has 166 valence electrons. The number of hydrogen-bond donors (Lipinski definition) is 0. The molecule has 5 aromatic rings. The van der Waals surface area contributed by atoms with Crippen LogP contribution >= 0.6 is 0 Å². The van der Waals surface area contributed by atoms with Crippen LogP contribution in [0.4, 0.5) is 0 Å². The topological polar surface area (TPSA) is 57.5 Å². The van der Waals surface area contributed by atoms with Crippen molar-refractivity contribution in [2.45, 2.75) is 11.8 Å². The number of hydrogen-bond acceptors (Lipinski definition) is 4. The van der Waals surface area contributed by atoms with Crippen LogP contribution < -0.4 is 9.47 Å². The molecular formula is C27H23NO4S. The van der Waals surface area contributed by atoms with Gasteiger partial charge in [-0.25, -0.2) is 12.4 Å². The van der Waals surface area contributed by atoms with Crippen LogP contribution in [0.5, 0.6) is 11.5 Å². The van der Waals surface area contributed by atoms with Crippen LogP contribution in [0.3, 0.4) is 0 Å². The molecule has 0 saturated heterocycles. The molecule has 0 spiro atoms. The molecule has 0 fully saturated rings. The Hall–Kier alpha value is -3.77. The number of fused-ring (bicyclic) bond motifs is 2. The zero-order chi connectivity index (χ0) is 23.2. The third-order valence-electron chi connectivity index (χ3n) is 5.91. The van der Waals surface area contributed by atoms with Crippen molar-refractivity contribution >= 4 is 31.7 Å². The predicted octanol–water partition coefficient (Wildman–Crippen LogP) is 6.02. The van der Waals surface area contributed by atoms with Crippen molar-refractivity contribution in [1.29, 1.82) is 0 Å². The van der Waals surface area contributed by atoms with Crippen molar-refractivity contribution in [3.8, 4) is 22.6 Å². The lowest BCUT2D eigenvalue weighted by Gasteiger charge is -2.08. The van der Waals surface area contributed by atoms with E-state index < -0.39 is 10.0 Å². The van der Waals surface area contributed by atoms with Gasteiger partial charge in [0, 0.05) is 17.1 Å². The number of rotatable bonds is 5. The van der Waals surface area contributed by atoms with Gasteiger partial charge < -0.3 is 9.47 Å². The Morgan fingerprint density at radius 3 is 2.09 bits per heavy atom. The fraction of sp³-hybridized carbons (Fsp3) is 0.111. The molecule has 4 aromatic carbocycles. The molecule has 33 heavy (non-hydrogen) atoms. The lowest BCUT2D eigenvalue weighted by atomic mass is 10.0. The van der Waals surface area contributed by atoms with Gasteiger partial charge in [0.2, 0.25) is 0 Å². The predicted molar refractivity (Wildman–Crippen MR) is 132 cm³/mol. The highest BCUT2D eigenvalue weighted by atomic mass is 32.2. The average molecular weight is 458 g/mol. The molecule has 0 aliphatic heterocycles. The highest BCUT2D eigenvalue weighted by Crippen LogP contribution is 2.36. The molecule has 0 unspecified atom stereocenters. The van der Waals surface area contributed by atoms with E-state index in [1.165, 1.54) is 3.97 Å². The molecule has 0 aliphatic carbocycles. The SMILES string of the molecule is COc1ccc2cc(-c3cn(S(=O)(=O)c4ccc(C)cc4)c4ccc(OC)cc34)ccc2c1. The summed E-state index contributed by atoms with van der Waals surface area (Å²) in [4.78, 5) is 0.248. The lowest BCUT2D eigenvalue weighted by Crippen LogP contribution is -2.11. The Morgan fingerprint density at radius 2 is 1.36 bits per heavy atom. The van der Waals surface area contributed by atoms with E-state index in [0.717, 1.165) is 38.6 Å². The number of benzene rings is 4. The van der Waals surface area contributed by atoms with E-state index in [9.17, 15) is 8.42 Å². The number of methoxy groups -OCH3 is 2. The van der Waals surface area contributed by atoms with E-state index in [2.05, 4.69) is 6.07 Å². The minimum Gasteiger partial charge on any atom is -0.497 e. The van der Waals surface area contributed by atoms with Gasteiger partial charge in [-0.1, -0.05) is 35.9 Å². The minimum absolute atomic E-state index is 0.248. The van der Waals surface area contributed by atoms with Crippen LogP contribution in [0.1, 0.15) is 5.56 Å². The van der Waals surface area contributed by atoms with Crippen molar-refractivity contribution < 1.29 is 17.9 Å². The minimum atomic E-state index is -3.78. The quantitative estimate of drug-likeness (QED) is 0.324. The fourth-order valence-electron chi connectivity index (χ4n) is 4.08. The van der Waals surface area contributed by atoms with Gasteiger partial charge in [0.15, 0.2) is 0 Å². The maximum atomic E-state index is 13.6. The van der Waals surface area contributed by atoms with E-state index in [4.69, 9.17) is 9.47 Å². The summed E-state index contributed by atoms with van der Waals surface area (Å²) in [5.41, 5.74) is 3.34. The van der Waals surface area contributed by atoms with Crippen LogP contribution in [0.25, 0.3) is 32.8 Å². The van der Waals surface area contributed by atoms with Crippen LogP contribution in [0.15, 0.2) is 90.0 Å². The Balaban J connectivity index is 1.74. The first-order valence-corrected chi connectivity index (χ1v) is 11.9. The molecule has 0 atom stereocenters. The summed E-state index contributed by atoms with van der Waals surface area (Å²) in [5.74, 6) is 1.46. The molecule has 1 aromatic heterocycles. The molecule has 0 amide bonds. The Labute approximate surface area is 192 Å². The van der Waals surface area contributed by atoms with E-state index in [1.807, 2.05) is 43.3 Å². The second-order valence-corrected chi connectivity index (χ2v) is 9.78. The van der Waals surface area contributed by atoms with E-state index in [0.29, 0.717) is 11.3 Å². The maximum Gasteiger partial charge on any atom is 0.268 e. The standard InChI is InChI=1S/C27H23NO4S/c1-18-4-11-24(12-5-18)33(29,30)28-17-26(25-16-23(32-3)10-13-27(25)28)21-7-6-20-15-22(31-2)9-8-19(20)14-21/h4-17H,1-3H3. The third-order valence-corrected chi connectivity index (χ3v) is 7.60. The largest absolute Gasteiger partial charge is 0.497 e. The summed E-state index contributed by atoms with van der Waals surface area (Å²) in [6, 6.07) is 24.3. The number of aromatic nitrogens is 1. The first kappa shape index (κ1) is 21.1. The van der Waals surface area contributed by atoms with E-state index in [-0.39, 0.29) is 4.90 Å². The molecule has 6 heteroatoms. The smallest absolute Gasteiger partial charge is 0.268 e. The molecule has 0 saturated carbocycles. The lowest BCUT2D eigenvalue weighted by molar-refractivity contribution is 0.415. The summed E-state index contributed by atoms with van der Waals surface area (Å²) in [6.07, 6.45) is 1.70. The van der Waals surface area contributed by atoms with Gasteiger partial charge in [0.1, 0.15) is 11.5 Å². The molecular weight excluding hydrogens is 434 g/mol. The number of ether oxygens (including phenoxy) is 2. The third kappa shape index (κ3) is 3.62. The summed E-state index contributed by atoms with van der Waals surface area (Å²) in [6.45, 7) is 1.93. The Bertz CT molecular complexity index is 1600. The average Bonchev–Trinajstić information content (AvgIpc) is 3.23. The molecule has 5 nitrogen and oxygen atoms in total. The zero-order valence-electron chi connectivity index (χ0n) is 18.6. The van der Waals surface area contributed by atoms with Crippen LogP contribution in [-0.2, 0) is 10.0 Å². The molecule has 0 aliphatic rings. The molecule has 0 N–H and O–H groups in total. The van der Waals surface area contributed by atoms with Crippen molar-refractivity contribution in [2.75, 3.05) is 14.2 Å². The highest BCUT2D eigenvalue weighted by molar-refractivity contribution is 7.90. The zero-order valence-corrected chi connectivity index (χ0v) is 19.4. The summed E-state index contributed by atoms with van der Waals surface area (Å²) >= 11 is 0. The van der Waals surface area contributed by atoms with Gasteiger partial charge in [0.25, 0.3) is 10.0 Å². The Morgan fingerprint density at radius 1 is 0.727 bits per heavy atom.